The molecule has 1 aromatic rings. The maximum Gasteiger partial charge on any atom is 0.119 e. The van der Waals surface area contributed by atoms with Crippen LogP contribution >= 0.6 is 0 Å². The molecule has 0 aromatic heterocycles. The van der Waals surface area contributed by atoms with Crippen LogP contribution in [0.4, 0.5) is 0 Å². The summed E-state index contributed by atoms with van der Waals surface area (Å²) in [5.41, 5.74) is 1.28. The lowest BCUT2D eigenvalue weighted by Gasteiger charge is -2.11. The summed E-state index contributed by atoms with van der Waals surface area (Å²) < 4.78 is 5.68. The predicted octanol–water partition coefficient (Wildman–Crippen LogP) is 2.52. The van der Waals surface area contributed by atoms with Crippen LogP contribution < -0.4 is 10.1 Å². The number of aryl methyl sites for hydroxylation is 1. The van der Waals surface area contributed by atoms with Crippen LogP contribution in [0.15, 0.2) is 24.3 Å². The number of rotatable bonds is 4. The molecule has 2 rings (SSSR count). The molecule has 15 heavy (non-hydrogen) atoms. The van der Waals surface area contributed by atoms with Crippen LogP contribution in [0.3, 0.4) is 0 Å². The molecule has 1 fully saturated rings. The van der Waals surface area contributed by atoms with Crippen LogP contribution in [0, 0.1) is 6.92 Å². The topological polar surface area (TPSA) is 21.3 Å². The van der Waals surface area contributed by atoms with Crippen molar-refractivity contribution in [3.8, 4) is 5.75 Å². The van der Waals surface area contributed by atoms with Gasteiger partial charge >= 0.3 is 0 Å². The minimum Gasteiger partial charge on any atom is -0.494 e. The van der Waals surface area contributed by atoms with Gasteiger partial charge in [-0.1, -0.05) is 17.7 Å². The van der Waals surface area contributed by atoms with Gasteiger partial charge in [-0.3, -0.25) is 0 Å². The van der Waals surface area contributed by atoms with Crippen molar-refractivity contribution < 1.29 is 4.74 Å². The Labute approximate surface area is 91.6 Å². The second-order valence-corrected chi connectivity index (χ2v) is 4.24. The second kappa shape index (κ2) is 5.17. The molecule has 0 bridgehead atoms. The Morgan fingerprint density at radius 1 is 1.33 bits per heavy atom. The van der Waals surface area contributed by atoms with Gasteiger partial charge in [0.1, 0.15) is 5.75 Å². The van der Waals surface area contributed by atoms with Crippen molar-refractivity contribution in [1.29, 1.82) is 0 Å². The van der Waals surface area contributed by atoms with Gasteiger partial charge in [0.25, 0.3) is 0 Å². The van der Waals surface area contributed by atoms with Crippen molar-refractivity contribution >= 4 is 0 Å². The molecule has 0 saturated carbocycles. The molecule has 1 aliphatic rings. The van der Waals surface area contributed by atoms with E-state index in [0.717, 1.165) is 18.8 Å². The van der Waals surface area contributed by atoms with Crippen molar-refractivity contribution in [2.24, 2.45) is 0 Å². The molecular weight excluding hydrogens is 186 g/mol. The van der Waals surface area contributed by atoms with Crippen LogP contribution in [0.25, 0.3) is 0 Å². The Balaban J connectivity index is 1.71. The predicted molar refractivity (Wildman–Crippen MR) is 62.3 cm³/mol. The van der Waals surface area contributed by atoms with E-state index in [1.807, 2.05) is 12.1 Å². The first-order valence-electron chi connectivity index (χ1n) is 5.77. The smallest absolute Gasteiger partial charge is 0.119 e. The molecule has 82 valence electrons. The molecule has 2 heteroatoms. The highest BCUT2D eigenvalue weighted by Gasteiger charge is 2.13. The van der Waals surface area contributed by atoms with Crippen molar-refractivity contribution in [2.75, 3.05) is 13.2 Å². The summed E-state index contributed by atoms with van der Waals surface area (Å²) in [6.07, 6.45) is 3.74. The third kappa shape index (κ3) is 3.24. The van der Waals surface area contributed by atoms with Crippen molar-refractivity contribution in [3.63, 3.8) is 0 Å². The SMILES string of the molecule is Cc1ccc(OCCC2CCCN2)cc1. The van der Waals surface area contributed by atoms with Crippen LogP contribution in [0.5, 0.6) is 5.75 Å². The molecule has 1 saturated heterocycles. The third-order valence-corrected chi connectivity index (χ3v) is 2.92. The van der Waals surface area contributed by atoms with Gasteiger partial charge in [-0.25, -0.2) is 0 Å². The van der Waals surface area contributed by atoms with E-state index in [0.29, 0.717) is 6.04 Å². The first-order chi connectivity index (χ1) is 7.34. The van der Waals surface area contributed by atoms with Gasteiger partial charge in [0.2, 0.25) is 0 Å². The summed E-state index contributed by atoms with van der Waals surface area (Å²) in [6.45, 7) is 4.09. The average Bonchev–Trinajstić information content (AvgIpc) is 2.74. The zero-order chi connectivity index (χ0) is 10.5. The molecule has 0 amide bonds. The lowest BCUT2D eigenvalue weighted by atomic mass is 10.2. The summed E-state index contributed by atoms with van der Waals surface area (Å²) in [5, 5.41) is 3.47. The molecule has 0 spiro atoms. The van der Waals surface area contributed by atoms with Gasteiger partial charge in [-0.05, 0) is 44.9 Å². The van der Waals surface area contributed by atoms with E-state index in [1.165, 1.54) is 24.9 Å². The largest absolute Gasteiger partial charge is 0.494 e. The Bertz CT molecular complexity index is 288. The molecule has 1 unspecified atom stereocenters. The van der Waals surface area contributed by atoms with Gasteiger partial charge in [-0.15, -0.1) is 0 Å². The highest BCUT2D eigenvalue weighted by atomic mass is 16.5. The Hall–Kier alpha value is -1.02. The molecule has 0 radical (unpaired) electrons. The van der Waals surface area contributed by atoms with Gasteiger partial charge < -0.3 is 10.1 Å². The zero-order valence-electron chi connectivity index (χ0n) is 9.33. The maximum absolute atomic E-state index is 5.68. The highest BCUT2D eigenvalue weighted by molar-refractivity contribution is 5.26. The molecule has 1 N–H and O–H groups in total. The fraction of sp³-hybridized carbons (Fsp3) is 0.538. The molecule has 1 heterocycles. The highest BCUT2D eigenvalue weighted by Crippen LogP contribution is 2.13. The van der Waals surface area contributed by atoms with Crippen molar-refractivity contribution in [3.05, 3.63) is 29.8 Å². The lowest BCUT2D eigenvalue weighted by molar-refractivity contribution is 0.292. The van der Waals surface area contributed by atoms with Crippen LogP contribution in [-0.4, -0.2) is 19.2 Å². The van der Waals surface area contributed by atoms with Crippen LogP contribution in [0.1, 0.15) is 24.8 Å². The lowest BCUT2D eigenvalue weighted by Crippen LogP contribution is -2.23. The monoisotopic (exact) mass is 205 g/mol. The van der Waals surface area contributed by atoms with Gasteiger partial charge in [0, 0.05) is 6.04 Å². The fourth-order valence-electron chi connectivity index (χ4n) is 1.96. The summed E-state index contributed by atoms with van der Waals surface area (Å²) in [4.78, 5) is 0. The van der Waals surface area contributed by atoms with Gasteiger partial charge in [0.15, 0.2) is 0 Å². The van der Waals surface area contributed by atoms with Gasteiger partial charge in [-0.2, -0.15) is 0 Å². The molecule has 0 aliphatic carbocycles. The third-order valence-electron chi connectivity index (χ3n) is 2.92. The summed E-state index contributed by atoms with van der Waals surface area (Å²) >= 11 is 0. The minimum atomic E-state index is 0.676. The van der Waals surface area contributed by atoms with E-state index in [2.05, 4.69) is 24.4 Å². The van der Waals surface area contributed by atoms with E-state index in [1.54, 1.807) is 0 Å². The van der Waals surface area contributed by atoms with Crippen LogP contribution in [0.2, 0.25) is 0 Å². The number of ether oxygens (including phenoxy) is 1. The van der Waals surface area contributed by atoms with Crippen LogP contribution in [-0.2, 0) is 0 Å². The Kier molecular flexibility index (Phi) is 3.62. The van der Waals surface area contributed by atoms with E-state index in [-0.39, 0.29) is 0 Å². The Morgan fingerprint density at radius 2 is 2.13 bits per heavy atom. The summed E-state index contributed by atoms with van der Waals surface area (Å²) in [7, 11) is 0. The number of hydrogen-bond acceptors (Lipinski definition) is 2. The van der Waals surface area contributed by atoms with Crippen molar-refractivity contribution in [1.82, 2.24) is 5.32 Å². The number of benzene rings is 1. The summed E-state index contributed by atoms with van der Waals surface area (Å²) in [5.74, 6) is 0.985. The molecule has 1 aliphatic heterocycles. The second-order valence-electron chi connectivity index (χ2n) is 4.24. The number of nitrogens with one attached hydrogen (secondary N) is 1. The first-order valence-corrected chi connectivity index (χ1v) is 5.77. The van der Waals surface area contributed by atoms with E-state index in [9.17, 15) is 0 Å². The first kappa shape index (κ1) is 10.5. The molecule has 2 nitrogen and oxygen atoms in total. The zero-order valence-corrected chi connectivity index (χ0v) is 9.33. The minimum absolute atomic E-state index is 0.676. The molecule has 1 atom stereocenters. The molecular formula is C13H19NO. The average molecular weight is 205 g/mol. The quantitative estimate of drug-likeness (QED) is 0.815. The van der Waals surface area contributed by atoms with E-state index in [4.69, 9.17) is 4.74 Å². The fourth-order valence-corrected chi connectivity index (χ4v) is 1.96. The number of hydrogen-bond donors (Lipinski definition) is 1. The van der Waals surface area contributed by atoms with E-state index >= 15 is 0 Å². The molecule has 1 aromatic carbocycles. The standard InChI is InChI=1S/C13H19NO/c1-11-4-6-13(7-5-11)15-10-8-12-3-2-9-14-12/h4-7,12,14H,2-3,8-10H2,1H3. The normalized spacial score (nSPS) is 20.5. The van der Waals surface area contributed by atoms with Gasteiger partial charge in [0.05, 0.1) is 6.61 Å². The summed E-state index contributed by atoms with van der Waals surface area (Å²) in [6, 6.07) is 8.93. The maximum atomic E-state index is 5.68. The Morgan fingerprint density at radius 3 is 2.80 bits per heavy atom. The van der Waals surface area contributed by atoms with Crippen molar-refractivity contribution in [2.45, 2.75) is 32.2 Å². The van der Waals surface area contributed by atoms with E-state index < -0.39 is 0 Å².